The molecule has 2 heterocycles. The van der Waals surface area contributed by atoms with Crippen LogP contribution in [-0.4, -0.2) is 34.4 Å². The van der Waals surface area contributed by atoms with Gasteiger partial charge in [-0.15, -0.1) is 11.3 Å². The first kappa shape index (κ1) is 31.9. The van der Waals surface area contributed by atoms with Gasteiger partial charge in [-0.25, -0.2) is 9.97 Å². The van der Waals surface area contributed by atoms with Gasteiger partial charge in [-0.2, -0.15) is 0 Å². The number of ether oxygens (including phenoxy) is 1. The van der Waals surface area contributed by atoms with Crippen molar-refractivity contribution in [3.8, 4) is 28.3 Å². The number of primary amides is 1. The van der Waals surface area contributed by atoms with Crippen molar-refractivity contribution < 1.29 is 14.3 Å². The Bertz CT molecular complexity index is 1470. The Hall–Kier alpha value is -4.04. The van der Waals surface area contributed by atoms with Gasteiger partial charge in [-0.3, -0.25) is 9.59 Å². The van der Waals surface area contributed by atoms with Gasteiger partial charge >= 0.3 is 0 Å². The maximum Gasteiger partial charge on any atom is 0.262 e. The molecule has 1 atom stereocenters. The van der Waals surface area contributed by atoms with Gasteiger partial charge in [0.2, 0.25) is 5.91 Å². The minimum atomic E-state index is -0.823. The summed E-state index contributed by atoms with van der Waals surface area (Å²) in [5.74, 6) is 0.599. The van der Waals surface area contributed by atoms with E-state index < -0.39 is 11.9 Å². The molecular weight excluding hydrogens is 556 g/mol. The third-order valence-electron chi connectivity index (χ3n) is 7.23. The lowest BCUT2D eigenvalue weighted by Gasteiger charge is -2.16. The van der Waals surface area contributed by atoms with Crippen LogP contribution in [-0.2, 0) is 16.6 Å². The zero-order valence-electron chi connectivity index (χ0n) is 25.6. The number of hydrogen-bond acceptors (Lipinski definition) is 6. The van der Waals surface area contributed by atoms with Crippen LogP contribution in [0.3, 0.4) is 0 Å². The van der Waals surface area contributed by atoms with E-state index >= 15 is 0 Å². The number of carbonyl (C=O) groups excluding carboxylic acids is 2. The number of rotatable bonds is 14. The molecule has 0 saturated carbocycles. The third-order valence-corrected chi connectivity index (χ3v) is 8.74. The molecule has 0 aliphatic heterocycles. The molecule has 0 aliphatic rings. The van der Waals surface area contributed by atoms with Gasteiger partial charge in [0.15, 0.2) is 5.82 Å². The zero-order valence-corrected chi connectivity index (χ0v) is 26.4. The highest BCUT2D eigenvalue weighted by Crippen LogP contribution is 2.29. The van der Waals surface area contributed by atoms with Crippen molar-refractivity contribution in [3.05, 3.63) is 88.4 Å². The van der Waals surface area contributed by atoms with Crippen molar-refractivity contribution in [1.29, 1.82) is 0 Å². The number of benzene rings is 2. The summed E-state index contributed by atoms with van der Waals surface area (Å²) in [5.41, 5.74) is 9.26. The number of unbranched alkanes of at least 4 members (excludes halogenated alkanes) is 4. The Balaban J connectivity index is 1.32. The smallest absolute Gasteiger partial charge is 0.262 e. The number of aromatic nitrogens is 2. The van der Waals surface area contributed by atoms with E-state index in [1.165, 1.54) is 37.0 Å². The summed E-state index contributed by atoms with van der Waals surface area (Å²) in [7, 11) is 0. The number of carbonyl (C=O) groups is 2. The third kappa shape index (κ3) is 9.22. The fraction of sp³-hybridized carbons (Fsp3) is 0.371. The van der Waals surface area contributed by atoms with E-state index in [-0.39, 0.29) is 17.7 Å². The lowest BCUT2D eigenvalue weighted by atomic mass is 9.95. The second-order valence-electron chi connectivity index (χ2n) is 11.8. The van der Waals surface area contributed by atoms with E-state index in [0.29, 0.717) is 10.7 Å². The monoisotopic (exact) mass is 598 g/mol. The maximum atomic E-state index is 12.8. The summed E-state index contributed by atoms with van der Waals surface area (Å²) in [4.78, 5) is 35.8. The normalized spacial score (nSPS) is 12.1. The summed E-state index contributed by atoms with van der Waals surface area (Å²) in [6, 6.07) is 18.6. The SMILES string of the molecule is CCCCCCCOc1ccc(-c2cnc(-c3ccc(C[C@H](NC(=O)c4ccc(C(C)(C)C)s4)C(N)=O)cc3)nc2)cc1. The van der Waals surface area contributed by atoms with Crippen molar-refractivity contribution in [2.24, 2.45) is 5.73 Å². The van der Waals surface area contributed by atoms with Gasteiger partial charge in [-0.1, -0.05) is 89.8 Å². The fourth-order valence-corrected chi connectivity index (χ4v) is 5.57. The summed E-state index contributed by atoms with van der Waals surface area (Å²) >= 11 is 1.43. The average Bonchev–Trinajstić information content (AvgIpc) is 3.51. The fourth-order valence-electron chi connectivity index (χ4n) is 4.61. The molecule has 3 N–H and O–H groups in total. The van der Waals surface area contributed by atoms with E-state index in [4.69, 9.17) is 10.5 Å². The molecule has 8 heteroatoms. The number of nitrogens with one attached hydrogen (secondary N) is 1. The summed E-state index contributed by atoms with van der Waals surface area (Å²) in [6.07, 6.45) is 10.0. The number of nitrogens with zero attached hydrogens (tertiary/aromatic N) is 2. The molecule has 2 aromatic heterocycles. The highest BCUT2D eigenvalue weighted by Gasteiger charge is 2.23. The molecule has 0 bridgehead atoms. The molecule has 0 unspecified atom stereocenters. The van der Waals surface area contributed by atoms with E-state index in [1.54, 1.807) is 6.07 Å². The van der Waals surface area contributed by atoms with Crippen LogP contribution in [0.15, 0.2) is 73.1 Å². The molecule has 0 spiro atoms. The summed E-state index contributed by atoms with van der Waals surface area (Å²) in [6.45, 7) is 9.26. The maximum absolute atomic E-state index is 12.8. The van der Waals surface area contributed by atoms with E-state index in [0.717, 1.165) is 45.9 Å². The molecule has 2 amide bonds. The van der Waals surface area contributed by atoms with Crippen LogP contribution in [0.5, 0.6) is 5.75 Å². The van der Waals surface area contributed by atoms with E-state index in [9.17, 15) is 9.59 Å². The molecule has 43 heavy (non-hydrogen) atoms. The Morgan fingerprint density at radius 3 is 2.12 bits per heavy atom. The minimum absolute atomic E-state index is 0.0498. The van der Waals surface area contributed by atoms with Gasteiger partial charge in [0.1, 0.15) is 11.8 Å². The minimum Gasteiger partial charge on any atom is -0.494 e. The zero-order chi connectivity index (χ0) is 30.8. The topological polar surface area (TPSA) is 107 Å². The summed E-state index contributed by atoms with van der Waals surface area (Å²) < 4.78 is 5.87. The standard InChI is InChI=1S/C35H42N4O3S/c1-5-6-7-8-9-20-42-28-16-14-25(15-17-28)27-22-37-33(38-23-27)26-12-10-24(11-13-26)21-29(32(36)40)39-34(41)30-18-19-31(43-30)35(2,3)4/h10-19,22-23,29H,5-9,20-21H2,1-4H3,(H2,36,40)(H,39,41)/t29-/m0/s1. The van der Waals surface area contributed by atoms with Crippen molar-refractivity contribution in [2.45, 2.75) is 77.7 Å². The Kier molecular flexibility index (Phi) is 11.1. The first-order chi connectivity index (χ1) is 20.6. The average molecular weight is 599 g/mol. The van der Waals surface area contributed by atoms with Crippen LogP contribution in [0.2, 0.25) is 0 Å². The van der Waals surface area contributed by atoms with Crippen LogP contribution in [0, 0.1) is 0 Å². The van der Waals surface area contributed by atoms with Crippen molar-refractivity contribution >= 4 is 23.2 Å². The largest absolute Gasteiger partial charge is 0.494 e. The molecule has 7 nitrogen and oxygen atoms in total. The molecule has 2 aromatic carbocycles. The molecule has 4 aromatic rings. The van der Waals surface area contributed by atoms with Crippen molar-refractivity contribution in [2.75, 3.05) is 6.61 Å². The predicted octanol–water partition coefficient (Wildman–Crippen LogP) is 7.35. The van der Waals surface area contributed by atoms with Crippen molar-refractivity contribution in [1.82, 2.24) is 15.3 Å². The van der Waals surface area contributed by atoms with Gasteiger partial charge in [0.25, 0.3) is 5.91 Å². The Labute approximate surface area is 258 Å². The Morgan fingerprint density at radius 2 is 1.51 bits per heavy atom. The first-order valence-electron chi connectivity index (χ1n) is 15.0. The quantitative estimate of drug-likeness (QED) is 0.148. The second kappa shape index (κ2) is 14.9. The molecular formula is C35H42N4O3S. The number of nitrogens with two attached hydrogens (primary N) is 1. The van der Waals surface area contributed by atoms with E-state index in [2.05, 4.69) is 43.0 Å². The van der Waals surface area contributed by atoms with Crippen LogP contribution in [0.1, 0.15) is 79.9 Å². The Morgan fingerprint density at radius 1 is 0.860 bits per heavy atom. The van der Waals surface area contributed by atoms with Gasteiger partial charge in [0.05, 0.1) is 11.5 Å². The van der Waals surface area contributed by atoms with E-state index in [1.807, 2.05) is 67.0 Å². The predicted molar refractivity (Wildman–Crippen MR) is 174 cm³/mol. The number of hydrogen-bond donors (Lipinski definition) is 2. The van der Waals surface area contributed by atoms with Crippen LogP contribution in [0.25, 0.3) is 22.5 Å². The molecule has 0 saturated heterocycles. The lowest BCUT2D eigenvalue weighted by Crippen LogP contribution is -2.45. The van der Waals surface area contributed by atoms with Crippen LogP contribution >= 0.6 is 11.3 Å². The second-order valence-corrected chi connectivity index (χ2v) is 12.9. The first-order valence-corrected chi connectivity index (χ1v) is 15.8. The lowest BCUT2D eigenvalue weighted by molar-refractivity contribution is -0.119. The number of amides is 2. The van der Waals surface area contributed by atoms with Crippen LogP contribution < -0.4 is 15.8 Å². The molecule has 0 fully saturated rings. The highest BCUT2D eigenvalue weighted by atomic mass is 32.1. The molecule has 226 valence electrons. The van der Waals surface area contributed by atoms with Crippen LogP contribution in [0.4, 0.5) is 0 Å². The van der Waals surface area contributed by atoms with Crippen molar-refractivity contribution in [3.63, 3.8) is 0 Å². The highest BCUT2D eigenvalue weighted by molar-refractivity contribution is 7.14. The van der Waals surface area contributed by atoms with Gasteiger partial charge in [-0.05, 0) is 47.2 Å². The molecule has 0 aliphatic carbocycles. The summed E-state index contributed by atoms with van der Waals surface area (Å²) in [5, 5.41) is 2.80. The van der Waals surface area contributed by atoms with Gasteiger partial charge in [0, 0.05) is 34.8 Å². The van der Waals surface area contributed by atoms with Gasteiger partial charge < -0.3 is 15.8 Å². The molecule has 4 rings (SSSR count). The number of thiophene rings is 1. The molecule has 0 radical (unpaired) electrons.